The molecule has 2 rings (SSSR count). The molecule has 2 N–H and O–H groups in total. The van der Waals surface area contributed by atoms with Crippen molar-refractivity contribution in [2.75, 3.05) is 19.5 Å². The Morgan fingerprint density at radius 1 is 1.04 bits per heavy atom. The number of carbonyl (C=O) groups is 2. The number of hydrogen-bond donors (Lipinski definition) is 2. The Morgan fingerprint density at radius 2 is 1.77 bits per heavy atom. The Kier molecular flexibility index (Phi) is 6.57. The van der Waals surface area contributed by atoms with Gasteiger partial charge in [-0.15, -0.1) is 0 Å². The third kappa shape index (κ3) is 4.97. The van der Waals surface area contributed by atoms with Crippen molar-refractivity contribution >= 4 is 35.3 Å². The van der Waals surface area contributed by atoms with E-state index >= 15 is 0 Å². The number of ether oxygens (including phenoxy) is 2. The molecule has 0 aliphatic carbocycles. The summed E-state index contributed by atoms with van der Waals surface area (Å²) < 4.78 is 10.3. The van der Waals surface area contributed by atoms with Crippen LogP contribution in [-0.2, 0) is 9.59 Å². The lowest BCUT2D eigenvalue weighted by Crippen LogP contribution is -2.32. The lowest BCUT2D eigenvalue weighted by molar-refractivity contribution is -0.136. The molecule has 0 fully saturated rings. The highest BCUT2D eigenvalue weighted by Crippen LogP contribution is 2.26. The standard InChI is InChI=1S/C18H18ClN3O4/c1-11-4-6-13(19)9-14(11)21-17(23)18(24)22-20-10-12-5-7-15(25-2)16(8-12)26-3/h4-10H,1-3H3,(H,21,23)(H,22,24)/b20-10-. The molecule has 2 aromatic rings. The number of anilines is 1. The molecule has 0 aromatic heterocycles. The van der Waals surface area contributed by atoms with E-state index in [0.717, 1.165) is 5.56 Å². The number of halogens is 1. The molecule has 8 heteroatoms. The van der Waals surface area contributed by atoms with Gasteiger partial charge in [-0.05, 0) is 48.4 Å². The molecule has 2 amide bonds. The molecular weight excluding hydrogens is 358 g/mol. The van der Waals surface area contributed by atoms with Gasteiger partial charge in [-0.3, -0.25) is 9.59 Å². The first-order valence-electron chi connectivity index (χ1n) is 7.57. The van der Waals surface area contributed by atoms with E-state index in [4.69, 9.17) is 21.1 Å². The number of hydrazone groups is 1. The smallest absolute Gasteiger partial charge is 0.329 e. The highest BCUT2D eigenvalue weighted by atomic mass is 35.5. The number of aryl methyl sites for hydroxylation is 1. The van der Waals surface area contributed by atoms with Crippen molar-refractivity contribution in [3.63, 3.8) is 0 Å². The molecule has 0 radical (unpaired) electrons. The molecule has 2 aromatic carbocycles. The van der Waals surface area contributed by atoms with E-state index in [2.05, 4.69) is 15.8 Å². The Hall–Kier alpha value is -3.06. The maximum atomic E-state index is 11.9. The summed E-state index contributed by atoms with van der Waals surface area (Å²) in [4.78, 5) is 23.8. The quantitative estimate of drug-likeness (QED) is 0.477. The summed E-state index contributed by atoms with van der Waals surface area (Å²) in [6, 6.07) is 10.1. The topological polar surface area (TPSA) is 89.0 Å². The van der Waals surface area contributed by atoms with Crippen LogP contribution in [0.4, 0.5) is 5.69 Å². The minimum atomic E-state index is -0.902. The molecule has 0 aliphatic heterocycles. The molecule has 0 atom stereocenters. The van der Waals surface area contributed by atoms with Crippen molar-refractivity contribution in [1.82, 2.24) is 5.43 Å². The van der Waals surface area contributed by atoms with Crippen molar-refractivity contribution in [3.8, 4) is 11.5 Å². The average molecular weight is 376 g/mol. The fraction of sp³-hybridized carbons (Fsp3) is 0.167. The summed E-state index contributed by atoms with van der Waals surface area (Å²) in [7, 11) is 3.05. The van der Waals surface area contributed by atoms with Crippen molar-refractivity contribution in [1.29, 1.82) is 0 Å². The van der Waals surface area contributed by atoms with Crippen LogP contribution in [0.1, 0.15) is 11.1 Å². The molecular formula is C18H18ClN3O4. The van der Waals surface area contributed by atoms with E-state index in [9.17, 15) is 9.59 Å². The lowest BCUT2D eigenvalue weighted by Gasteiger charge is -2.08. The van der Waals surface area contributed by atoms with E-state index in [-0.39, 0.29) is 0 Å². The molecule has 26 heavy (non-hydrogen) atoms. The number of rotatable bonds is 5. The third-order valence-corrected chi connectivity index (χ3v) is 3.68. The Labute approximate surface area is 155 Å². The minimum absolute atomic E-state index is 0.456. The molecule has 136 valence electrons. The number of benzene rings is 2. The monoisotopic (exact) mass is 375 g/mol. The number of nitrogens with one attached hydrogen (secondary N) is 2. The number of carbonyl (C=O) groups excluding carboxylic acids is 2. The van der Waals surface area contributed by atoms with Crippen molar-refractivity contribution in [3.05, 3.63) is 52.5 Å². The summed E-state index contributed by atoms with van der Waals surface area (Å²) in [6.07, 6.45) is 1.39. The van der Waals surface area contributed by atoms with Crippen LogP contribution in [0.3, 0.4) is 0 Å². The van der Waals surface area contributed by atoms with Crippen LogP contribution in [0, 0.1) is 6.92 Å². The Morgan fingerprint density at radius 3 is 2.46 bits per heavy atom. The summed E-state index contributed by atoms with van der Waals surface area (Å²) in [5.41, 5.74) is 4.07. The van der Waals surface area contributed by atoms with Crippen LogP contribution < -0.4 is 20.2 Å². The van der Waals surface area contributed by atoms with Gasteiger partial charge in [-0.2, -0.15) is 5.10 Å². The van der Waals surface area contributed by atoms with E-state index in [0.29, 0.717) is 27.8 Å². The second-order valence-electron chi connectivity index (χ2n) is 5.23. The maximum Gasteiger partial charge on any atom is 0.329 e. The number of nitrogens with zero attached hydrogens (tertiary/aromatic N) is 1. The zero-order valence-electron chi connectivity index (χ0n) is 14.5. The molecule has 0 bridgehead atoms. The molecule has 0 unspecified atom stereocenters. The normalized spacial score (nSPS) is 10.5. The molecule has 0 heterocycles. The van der Waals surface area contributed by atoms with Crippen molar-refractivity contribution < 1.29 is 19.1 Å². The van der Waals surface area contributed by atoms with Crippen molar-refractivity contribution in [2.45, 2.75) is 6.92 Å². The molecule has 0 spiro atoms. The van der Waals surface area contributed by atoms with Gasteiger partial charge in [0.05, 0.1) is 20.4 Å². The zero-order valence-corrected chi connectivity index (χ0v) is 15.3. The van der Waals surface area contributed by atoms with E-state index in [1.54, 1.807) is 43.3 Å². The van der Waals surface area contributed by atoms with Crippen LogP contribution in [0.25, 0.3) is 0 Å². The fourth-order valence-electron chi connectivity index (χ4n) is 2.06. The maximum absolute atomic E-state index is 11.9. The fourth-order valence-corrected chi connectivity index (χ4v) is 2.23. The average Bonchev–Trinajstić information content (AvgIpc) is 2.64. The van der Waals surface area contributed by atoms with Gasteiger partial charge in [0.2, 0.25) is 0 Å². The highest BCUT2D eigenvalue weighted by molar-refractivity contribution is 6.40. The van der Waals surface area contributed by atoms with Crippen molar-refractivity contribution in [2.24, 2.45) is 5.10 Å². The first-order chi connectivity index (χ1) is 12.4. The number of methoxy groups -OCH3 is 2. The third-order valence-electron chi connectivity index (χ3n) is 3.44. The Balaban J connectivity index is 1.98. The van der Waals surface area contributed by atoms with Crippen LogP contribution in [-0.4, -0.2) is 32.2 Å². The number of hydrogen-bond acceptors (Lipinski definition) is 5. The zero-order chi connectivity index (χ0) is 19.1. The number of amides is 2. The Bertz CT molecular complexity index is 852. The highest BCUT2D eigenvalue weighted by Gasteiger charge is 2.14. The van der Waals surface area contributed by atoms with Gasteiger partial charge >= 0.3 is 11.8 Å². The first kappa shape index (κ1) is 19.3. The van der Waals surface area contributed by atoms with Gasteiger partial charge < -0.3 is 14.8 Å². The van der Waals surface area contributed by atoms with E-state index in [1.165, 1.54) is 20.4 Å². The van der Waals surface area contributed by atoms with Crippen LogP contribution in [0.15, 0.2) is 41.5 Å². The predicted molar refractivity (Wildman–Crippen MR) is 100 cm³/mol. The van der Waals surface area contributed by atoms with Crippen LogP contribution in [0.2, 0.25) is 5.02 Å². The summed E-state index contributed by atoms with van der Waals surface area (Å²) in [5.74, 6) is -0.650. The van der Waals surface area contributed by atoms with Gasteiger partial charge in [0.1, 0.15) is 0 Å². The largest absolute Gasteiger partial charge is 0.493 e. The second-order valence-corrected chi connectivity index (χ2v) is 5.66. The molecule has 0 saturated carbocycles. The van der Waals surface area contributed by atoms with Crippen LogP contribution in [0.5, 0.6) is 11.5 Å². The molecule has 0 saturated heterocycles. The second kappa shape index (κ2) is 8.87. The minimum Gasteiger partial charge on any atom is -0.493 e. The summed E-state index contributed by atoms with van der Waals surface area (Å²) in [6.45, 7) is 1.79. The van der Waals surface area contributed by atoms with Gasteiger partial charge in [-0.25, -0.2) is 5.43 Å². The van der Waals surface area contributed by atoms with E-state index < -0.39 is 11.8 Å². The first-order valence-corrected chi connectivity index (χ1v) is 7.95. The summed E-state index contributed by atoms with van der Waals surface area (Å²) >= 11 is 5.88. The van der Waals surface area contributed by atoms with Gasteiger partial charge in [0.25, 0.3) is 0 Å². The molecule has 0 aliphatic rings. The van der Waals surface area contributed by atoms with Gasteiger partial charge in [0, 0.05) is 10.7 Å². The molecule has 7 nitrogen and oxygen atoms in total. The van der Waals surface area contributed by atoms with Gasteiger partial charge in [-0.1, -0.05) is 17.7 Å². The lowest BCUT2D eigenvalue weighted by atomic mass is 10.2. The van der Waals surface area contributed by atoms with Gasteiger partial charge in [0.15, 0.2) is 11.5 Å². The van der Waals surface area contributed by atoms with E-state index in [1.807, 2.05) is 0 Å². The SMILES string of the molecule is COc1ccc(/C=N\NC(=O)C(=O)Nc2cc(Cl)ccc2C)cc1OC. The van der Waals surface area contributed by atoms with Crippen LogP contribution >= 0.6 is 11.6 Å². The predicted octanol–water partition coefficient (Wildman–Crippen LogP) is 2.75. The summed E-state index contributed by atoms with van der Waals surface area (Å²) in [5, 5.41) is 6.71.